The molecule has 0 rings (SSSR count). The van der Waals surface area contributed by atoms with Gasteiger partial charge in [-0.25, -0.2) is 0 Å². The summed E-state index contributed by atoms with van der Waals surface area (Å²) in [6.07, 6.45) is 12.5. The SMILES string of the molecule is CCCCCCCCCCCC(=O)N(CCBr)C(C)C. The van der Waals surface area contributed by atoms with Crippen molar-refractivity contribution in [2.45, 2.75) is 91.0 Å². The number of carbonyl (C=O) groups is 1. The van der Waals surface area contributed by atoms with E-state index in [0.29, 0.717) is 11.9 Å². The van der Waals surface area contributed by atoms with Gasteiger partial charge in [0.05, 0.1) is 0 Å². The first-order valence-electron chi connectivity index (χ1n) is 8.48. The number of halogens is 1. The lowest BCUT2D eigenvalue weighted by Gasteiger charge is -2.26. The molecule has 0 fully saturated rings. The zero-order valence-corrected chi connectivity index (χ0v) is 15.4. The minimum atomic E-state index is 0.318. The molecule has 0 saturated carbocycles. The molecular weight excluding hydrogens is 314 g/mol. The molecule has 0 aliphatic rings. The Labute approximate surface area is 134 Å². The number of rotatable bonds is 13. The van der Waals surface area contributed by atoms with Gasteiger partial charge in [0.15, 0.2) is 0 Å². The summed E-state index contributed by atoms with van der Waals surface area (Å²) in [5, 5.41) is 0.870. The average Bonchev–Trinajstić information content (AvgIpc) is 2.42. The minimum Gasteiger partial charge on any atom is -0.339 e. The molecule has 0 heterocycles. The molecule has 0 aromatic carbocycles. The van der Waals surface area contributed by atoms with Crippen LogP contribution in [-0.2, 0) is 4.79 Å². The summed E-state index contributed by atoms with van der Waals surface area (Å²) in [5.41, 5.74) is 0. The van der Waals surface area contributed by atoms with Gasteiger partial charge in [0.2, 0.25) is 5.91 Å². The van der Waals surface area contributed by atoms with Gasteiger partial charge in [-0.1, -0.05) is 74.2 Å². The van der Waals surface area contributed by atoms with Gasteiger partial charge >= 0.3 is 0 Å². The molecule has 0 spiro atoms. The van der Waals surface area contributed by atoms with Gasteiger partial charge < -0.3 is 4.90 Å². The molecule has 0 radical (unpaired) electrons. The Hall–Kier alpha value is -0.0500. The van der Waals surface area contributed by atoms with Crippen molar-refractivity contribution in [2.75, 3.05) is 11.9 Å². The molecule has 120 valence electrons. The number of nitrogens with zero attached hydrogens (tertiary/aromatic N) is 1. The highest BCUT2D eigenvalue weighted by atomic mass is 79.9. The second-order valence-corrected chi connectivity index (χ2v) is 6.74. The second kappa shape index (κ2) is 13.9. The fraction of sp³-hybridized carbons (Fsp3) is 0.941. The highest BCUT2D eigenvalue weighted by molar-refractivity contribution is 9.09. The van der Waals surface area contributed by atoms with E-state index in [2.05, 4.69) is 36.7 Å². The lowest BCUT2D eigenvalue weighted by molar-refractivity contribution is -0.132. The first-order chi connectivity index (χ1) is 9.63. The van der Waals surface area contributed by atoms with Gasteiger partial charge in [0, 0.05) is 24.3 Å². The molecule has 0 bridgehead atoms. The van der Waals surface area contributed by atoms with Gasteiger partial charge in [-0.05, 0) is 20.3 Å². The second-order valence-electron chi connectivity index (χ2n) is 5.95. The van der Waals surface area contributed by atoms with E-state index in [0.717, 1.165) is 24.7 Å². The molecule has 0 atom stereocenters. The van der Waals surface area contributed by atoms with Gasteiger partial charge in [0.1, 0.15) is 0 Å². The predicted molar refractivity (Wildman–Crippen MR) is 92.5 cm³/mol. The Bertz CT molecular complexity index is 231. The molecule has 1 amide bonds. The fourth-order valence-corrected chi connectivity index (χ4v) is 2.87. The van der Waals surface area contributed by atoms with E-state index in [1.165, 1.54) is 51.4 Å². The van der Waals surface area contributed by atoms with Crippen LogP contribution >= 0.6 is 15.9 Å². The van der Waals surface area contributed by atoms with E-state index in [-0.39, 0.29) is 0 Å². The van der Waals surface area contributed by atoms with Gasteiger partial charge in [-0.2, -0.15) is 0 Å². The first kappa shape index (κ1) is 19.9. The van der Waals surface area contributed by atoms with Crippen LogP contribution in [0.25, 0.3) is 0 Å². The maximum absolute atomic E-state index is 12.1. The van der Waals surface area contributed by atoms with Gasteiger partial charge in [0.25, 0.3) is 0 Å². The molecule has 0 saturated heterocycles. The number of hydrogen-bond donors (Lipinski definition) is 0. The quantitative estimate of drug-likeness (QED) is 0.316. The third kappa shape index (κ3) is 10.7. The van der Waals surface area contributed by atoms with Crippen LogP contribution in [0.15, 0.2) is 0 Å². The Morgan fingerprint density at radius 3 is 1.90 bits per heavy atom. The van der Waals surface area contributed by atoms with Crippen LogP contribution in [0.3, 0.4) is 0 Å². The normalized spacial score (nSPS) is 11.1. The fourth-order valence-electron chi connectivity index (χ4n) is 2.49. The van der Waals surface area contributed by atoms with E-state index >= 15 is 0 Å². The summed E-state index contributed by atoms with van der Waals surface area (Å²) in [5.74, 6) is 0.322. The van der Waals surface area contributed by atoms with Crippen molar-refractivity contribution < 1.29 is 4.79 Å². The molecule has 0 N–H and O–H groups in total. The number of unbranched alkanes of at least 4 members (excludes halogenated alkanes) is 8. The van der Waals surface area contributed by atoms with Crippen molar-refractivity contribution in [1.82, 2.24) is 4.90 Å². The minimum absolute atomic E-state index is 0.318. The molecule has 0 aromatic rings. The monoisotopic (exact) mass is 347 g/mol. The summed E-state index contributed by atoms with van der Waals surface area (Å²) in [6, 6.07) is 0.318. The predicted octanol–water partition coefficient (Wildman–Crippen LogP) is 5.54. The van der Waals surface area contributed by atoms with Crippen LogP contribution in [0.2, 0.25) is 0 Å². The molecule has 2 nitrogen and oxygen atoms in total. The summed E-state index contributed by atoms with van der Waals surface area (Å²) >= 11 is 3.42. The van der Waals surface area contributed by atoms with Crippen molar-refractivity contribution in [3.05, 3.63) is 0 Å². The van der Waals surface area contributed by atoms with Crippen LogP contribution in [-0.4, -0.2) is 28.7 Å². The zero-order chi connectivity index (χ0) is 15.2. The lowest BCUT2D eigenvalue weighted by atomic mass is 10.1. The highest BCUT2D eigenvalue weighted by Gasteiger charge is 2.15. The Morgan fingerprint density at radius 2 is 1.45 bits per heavy atom. The molecule has 3 heteroatoms. The van der Waals surface area contributed by atoms with E-state index in [9.17, 15) is 4.79 Å². The third-order valence-corrected chi connectivity index (χ3v) is 4.12. The van der Waals surface area contributed by atoms with Crippen LogP contribution in [0.4, 0.5) is 0 Å². The van der Waals surface area contributed by atoms with Crippen molar-refractivity contribution >= 4 is 21.8 Å². The molecule has 0 aliphatic carbocycles. The molecule has 0 unspecified atom stereocenters. The van der Waals surface area contributed by atoms with E-state index in [1.807, 2.05) is 4.90 Å². The smallest absolute Gasteiger partial charge is 0.222 e. The lowest BCUT2D eigenvalue weighted by Crippen LogP contribution is -2.38. The van der Waals surface area contributed by atoms with E-state index in [4.69, 9.17) is 0 Å². The van der Waals surface area contributed by atoms with Crippen molar-refractivity contribution in [3.8, 4) is 0 Å². The molecular formula is C17H34BrNO. The van der Waals surface area contributed by atoms with Crippen LogP contribution < -0.4 is 0 Å². The Balaban J connectivity index is 3.51. The number of amides is 1. The summed E-state index contributed by atoms with van der Waals surface area (Å²) < 4.78 is 0. The van der Waals surface area contributed by atoms with Gasteiger partial charge in [-0.3, -0.25) is 4.79 Å². The zero-order valence-electron chi connectivity index (χ0n) is 13.8. The third-order valence-electron chi connectivity index (χ3n) is 3.76. The maximum atomic E-state index is 12.1. The van der Waals surface area contributed by atoms with E-state index < -0.39 is 0 Å². The van der Waals surface area contributed by atoms with Crippen LogP contribution in [0.1, 0.15) is 85.0 Å². The topological polar surface area (TPSA) is 20.3 Å². The van der Waals surface area contributed by atoms with Crippen molar-refractivity contribution in [3.63, 3.8) is 0 Å². The van der Waals surface area contributed by atoms with Crippen molar-refractivity contribution in [2.24, 2.45) is 0 Å². The van der Waals surface area contributed by atoms with Crippen LogP contribution in [0.5, 0.6) is 0 Å². The molecule has 20 heavy (non-hydrogen) atoms. The van der Waals surface area contributed by atoms with Crippen LogP contribution in [0, 0.1) is 0 Å². The Kier molecular flexibility index (Phi) is 13.9. The van der Waals surface area contributed by atoms with Gasteiger partial charge in [-0.15, -0.1) is 0 Å². The van der Waals surface area contributed by atoms with E-state index in [1.54, 1.807) is 0 Å². The standard InChI is InChI=1S/C17H34BrNO/c1-4-5-6-7-8-9-10-11-12-13-17(20)19(15-14-18)16(2)3/h16H,4-15H2,1-3H3. The number of alkyl halides is 1. The summed E-state index contributed by atoms with van der Waals surface area (Å²) in [6.45, 7) is 7.27. The number of hydrogen-bond acceptors (Lipinski definition) is 1. The maximum Gasteiger partial charge on any atom is 0.222 e. The number of carbonyl (C=O) groups excluding carboxylic acids is 1. The average molecular weight is 348 g/mol. The Morgan fingerprint density at radius 1 is 0.950 bits per heavy atom. The highest BCUT2D eigenvalue weighted by Crippen LogP contribution is 2.12. The largest absolute Gasteiger partial charge is 0.339 e. The molecule has 0 aromatic heterocycles. The first-order valence-corrected chi connectivity index (χ1v) is 9.61. The summed E-state index contributed by atoms with van der Waals surface area (Å²) in [4.78, 5) is 14.1. The van der Waals surface area contributed by atoms with Crippen molar-refractivity contribution in [1.29, 1.82) is 0 Å². The summed E-state index contributed by atoms with van der Waals surface area (Å²) in [7, 11) is 0. The molecule has 0 aliphatic heterocycles.